The maximum absolute atomic E-state index is 4.42. The van der Waals surface area contributed by atoms with Gasteiger partial charge in [-0.05, 0) is 24.6 Å². The minimum atomic E-state index is 0.961. The molecule has 0 N–H and O–H groups in total. The van der Waals surface area contributed by atoms with E-state index in [4.69, 9.17) is 0 Å². The van der Waals surface area contributed by atoms with Gasteiger partial charge in [-0.15, -0.1) is 0 Å². The van der Waals surface area contributed by atoms with Crippen molar-refractivity contribution in [2.24, 2.45) is 4.99 Å². The van der Waals surface area contributed by atoms with Crippen LogP contribution in [0, 0.1) is 0 Å². The molecule has 0 unspecified atom stereocenters. The quantitative estimate of drug-likeness (QED) is 0.571. The molecule has 1 aliphatic rings. The summed E-state index contributed by atoms with van der Waals surface area (Å²) in [5, 5.41) is 2.50. The number of nitrogens with zero attached hydrogens (tertiary/aromatic N) is 1. The largest absolute Gasteiger partial charge is 0.284 e. The molecule has 1 aromatic rings. The van der Waals surface area contributed by atoms with Gasteiger partial charge in [0.15, 0.2) is 0 Å². The summed E-state index contributed by atoms with van der Waals surface area (Å²) in [5.74, 6) is 0. The van der Waals surface area contributed by atoms with Crippen molar-refractivity contribution in [2.45, 2.75) is 27.2 Å². The molecule has 13 heavy (non-hydrogen) atoms. The van der Waals surface area contributed by atoms with E-state index in [9.17, 15) is 0 Å². The Hall–Kier alpha value is -1.11. The number of fused-ring (bicyclic) bond motifs is 1. The molecule has 0 fully saturated rings. The van der Waals surface area contributed by atoms with Crippen molar-refractivity contribution in [3.05, 3.63) is 34.8 Å². The van der Waals surface area contributed by atoms with Gasteiger partial charge in [-0.1, -0.05) is 37.6 Å². The maximum atomic E-state index is 4.42. The summed E-state index contributed by atoms with van der Waals surface area (Å²) >= 11 is 0. The van der Waals surface area contributed by atoms with E-state index < -0.39 is 0 Å². The molecule has 70 valence electrons. The van der Waals surface area contributed by atoms with Crippen molar-refractivity contribution in [3.63, 3.8) is 0 Å². The molecule has 1 aromatic carbocycles. The van der Waals surface area contributed by atoms with E-state index in [1.807, 2.05) is 19.9 Å². The van der Waals surface area contributed by atoms with Crippen LogP contribution >= 0.6 is 0 Å². The van der Waals surface area contributed by atoms with Gasteiger partial charge in [0.25, 0.3) is 0 Å². The molecule has 0 spiro atoms. The predicted octanol–water partition coefficient (Wildman–Crippen LogP) is 1.91. The van der Waals surface area contributed by atoms with Crippen LogP contribution in [0.5, 0.6) is 0 Å². The number of hydrogen-bond acceptors (Lipinski definition) is 1. The highest BCUT2D eigenvalue weighted by molar-refractivity contribution is 5.42. The SMILES string of the molecule is CC.CC1=c2ccccc2=NCC1. The van der Waals surface area contributed by atoms with Gasteiger partial charge in [0, 0.05) is 6.54 Å². The molecule has 0 bridgehead atoms. The van der Waals surface area contributed by atoms with E-state index >= 15 is 0 Å². The number of para-hydroxylation sites is 1. The van der Waals surface area contributed by atoms with Crippen LogP contribution in [0.3, 0.4) is 0 Å². The third-order valence-corrected chi connectivity index (χ3v) is 2.13. The lowest BCUT2D eigenvalue weighted by atomic mass is 10.1. The van der Waals surface area contributed by atoms with Gasteiger partial charge in [0.05, 0.1) is 5.36 Å². The molecule has 0 radical (unpaired) electrons. The van der Waals surface area contributed by atoms with Crippen molar-refractivity contribution < 1.29 is 0 Å². The summed E-state index contributed by atoms with van der Waals surface area (Å²) in [6, 6.07) is 8.34. The fourth-order valence-electron chi connectivity index (χ4n) is 1.45. The summed E-state index contributed by atoms with van der Waals surface area (Å²) in [6.45, 7) is 7.15. The average molecular weight is 175 g/mol. The van der Waals surface area contributed by atoms with Crippen molar-refractivity contribution >= 4 is 5.57 Å². The standard InChI is InChI=1S/C10H11N.C2H6/c1-8-6-7-11-10-5-3-2-4-9(8)10;1-2/h2-5H,6-7H2,1H3;1-2H3. The predicted molar refractivity (Wildman–Crippen MR) is 57.1 cm³/mol. The van der Waals surface area contributed by atoms with Gasteiger partial charge in [0.1, 0.15) is 0 Å². The number of rotatable bonds is 0. The van der Waals surface area contributed by atoms with Crippen LogP contribution in [0.25, 0.3) is 5.57 Å². The van der Waals surface area contributed by atoms with Crippen molar-refractivity contribution in [2.75, 3.05) is 6.54 Å². The Balaban J connectivity index is 0.000000396. The van der Waals surface area contributed by atoms with Crippen LogP contribution in [0.4, 0.5) is 0 Å². The maximum Gasteiger partial charge on any atom is 0.0646 e. The van der Waals surface area contributed by atoms with Gasteiger partial charge >= 0.3 is 0 Å². The third kappa shape index (κ3) is 2.18. The van der Waals surface area contributed by atoms with Gasteiger partial charge in [-0.3, -0.25) is 4.99 Å². The van der Waals surface area contributed by atoms with Crippen LogP contribution in [0.15, 0.2) is 29.3 Å². The third-order valence-electron chi connectivity index (χ3n) is 2.13. The van der Waals surface area contributed by atoms with Gasteiger partial charge in [-0.25, -0.2) is 0 Å². The fraction of sp³-hybridized carbons (Fsp3) is 0.417. The smallest absolute Gasteiger partial charge is 0.0646 e. The van der Waals surface area contributed by atoms with Crippen molar-refractivity contribution in [1.82, 2.24) is 0 Å². The molecule has 2 rings (SSSR count). The highest BCUT2D eigenvalue weighted by atomic mass is 14.7. The molecule has 1 heterocycles. The molecule has 1 nitrogen and oxygen atoms in total. The Kier molecular flexibility index (Phi) is 3.69. The van der Waals surface area contributed by atoms with Crippen LogP contribution in [0.1, 0.15) is 27.2 Å². The van der Waals surface area contributed by atoms with Crippen LogP contribution in [-0.4, -0.2) is 6.54 Å². The van der Waals surface area contributed by atoms with E-state index in [1.165, 1.54) is 10.8 Å². The molecule has 1 aliphatic heterocycles. The molecule has 0 aromatic heterocycles. The second-order valence-corrected chi connectivity index (χ2v) is 2.93. The second kappa shape index (κ2) is 4.80. The van der Waals surface area contributed by atoms with Gasteiger partial charge in [-0.2, -0.15) is 0 Å². The zero-order valence-corrected chi connectivity index (χ0v) is 8.67. The van der Waals surface area contributed by atoms with E-state index in [0.29, 0.717) is 0 Å². The first kappa shape index (κ1) is 9.97. The fourth-order valence-corrected chi connectivity index (χ4v) is 1.45. The minimum Gasteiger partial charge on any atom is -0.284 e. The molecular weight excluding hydrogens is 158 g/mol. The van der Waals surface area contributed by atoms with Gasteiger partial charge < -0.3 is 0 Å². The summed E-state index contributed by atoms with van der Waals surface area (Å²) in [6.07, 6.45) is 1.12. The van der Waals surface area contributed by atoms with Crippen molar-refractivity contribution in [1.29, 1.82) is 0 Å². The molecular formula is C12H17N. The topological polar surface area (TPSA) is 12.4 Å². The number of hydrogen-bond donors (Lipinski definition) is 0. The Morgan fingerprint density at radius 1 is 1.15 bits per heavy atom. The number of benzene rings is 1. The first-order chi connectivity index (χ1) is 6.38. The van der Waals surface area contributed by atoms with Gasteiger partial charge in [0.2, 0.25) is 0 Å². The lowest BCUT2D eigenvalue weighted by molar-refractivity contribution is 0.932. The molecule has 0 aliphatic carbocycles. The lowest BCUT2D eigenvalue weighted by Gasteiger charge is -2.04. The average Bonchev–Trinajstić information content (AvgIpc) is 2.22. The van der Waals surface area contributed by atoms with Crippen LogP contribution < -0.4 is 10.6 Å². The minimum absolute atomic E-state index is 0.961. The first-order valence-electron chi connectivity index (χ1n) is 4.97. The molecule has 0 saturated carbocycles. The van der Waals surface area contributed by atoms with Crippen molar-refractivity contribution in [3.8, 4) is 0 Å². The lowest BCUT2D eigenvalue weighted by Crippen LogP contribution is -2.29. The summed E-state index contributed by atoms with van der Waals surface area (Å²) in [4.78, 5) is 4.42. The zero-order valence-electron chi connectivity index (χ0n) is 8.67. The second-order valence-electron chi connectivity index (χ2n) is 2.93. The monoisotopic (exact) mass is 175 g/mol. The van der Waals surface area contributed by atoms with E-state index in [2.05, 4.69) is 30.1 Å². The highest BCUT2D eigenvalue weighted by Gasteiger charge is 1.97. The normalized spacial score (nSPS) is 13.6. The highest BCUT2D eigenvalue weighted by Crippen LogP contribution is 1.99. The molecule has 0 saturated heterocycles. The Labute approximate surface area is 79.8 Å². The first-order valence-corrected chi connectivity index (χ1v) is 4.97. The Bertz CT molecular complexity index is 376. The molecule has 0 atom stereocenters. The van der Waals surface area contributed by atoms with E-state index in [-0.39, 0.29) is 0 Å². The Morgan fingerprint density at radius 3 is 2.54 bits per heavy atom. The summed E-state index contributed by atoms with van der Waals surface area (Å²) in [7, 11) is 0. The van der Waals surface area contributed by atoms with Crippen LogP contribution in [-0.2, 0) is 0 Å². The summed E-state index contributed by atoms with van der Waals surface area (Å²) in [5.41, 5.74) is 1.47. The van der Waals surface area contributed by atoms with E-state index in [1.54, 1.807) is 0 Å². The van der Waals surface area contributed by atoms with Crippen LogP contribution in [0.2, 0.25) is 0 Å². The Morgan fingerprint density at radius 2 is 1.85 bits per heavy atom. The summed E-state index contributed by atoms with van der Waals surface area (Å²) < 4.78 is 0. The molecule has 1 heteroatoms. The molecule has 0 amide bonds. The van der Waals surface area contributed by atoms with E-state index in [0.717, 1.165) is 18.3 Å². The zero-order chi connectivity index (χ0) is 9.68.